The number of carbonyl (C=O) groups excluding carboxylic acids is 1. The summed E-state index contributed by atoms with van der Waals surface area (Å²) in [7, 11) is 3.43. The van der Waals surface area contributed by atoms with Gasteiger partial charge in [-0.25, -0.2) is 4.79 Å². The molecule has 0 amide bonds. The summed E-state index contributed by atoms with van der Waals surface area (Å²) in [5.74, 6) is -0.430. The maximum absolute atomic E-state index is 12.1. The number of benzene rings is 1. The van der Waals surface area contributed by atoms with Crippen LogP contribution in [0.2, 0.25) is 5.82 Å². The Morgan fingerprint density at radius 1 is 1.40 bits per heavy atom. The predicted molar refractivity (Wildman–Crippen MR) is 75.3 cm³/mol. The average molecular weight is 278 g/mol. The minimum absolute atomic E-state index is 0.0189. The van der Waals surface area contributed by atoms with Crippen LogP contribution in [-0.2, 0) is 14.2 Å². The minimum Gasteiger partial charge on any atom is -0.453 e. The zero-order valence-electron chi connectivity index (χ0n) is 11.7. The van der Waals surface area contributed by atoms with Crippen LogP contribution >= 0.6 is 0 Å². The van der Waals surface area contributed by atoms with E-state index in [2.05, 4.69) is 0 Å². The van der Waals surface area contributed by atoms with E-state index in [4.69, 9.17) is 14.2 Å². The Morgan fingerprint density at radius 2 is 2.10 bits per heavy atom. The monoisotopic (exact) mass is 278 g/mol. The van der Waals surface area contributed by atoms with E-state index < -0.39 is 18.2 Å². The van der Waals surface area contributed by atoms with Gasteiger partial charge < -0.3 is 19.3 Å². The van der Waals surface area contributed by atoms with E-state index >= 15 is 0 Å². The summed E-state index contributed by atoms with van der Waals surface area (Å²) >= 11 is 0. The van der Waals surface area contributed by atoms with Gasteiger partial charge in [0, 0.05) is 7.11 Å². The van der Waals surface area contributed by atoms with Crippen molar-refractivity contribution in [1.29, 1.82) is 0 Å². The lowest BCUT2D eigenvalue weighted by atomic mass is 9.84. The number of methoxy groups -OCH3 is 1. The Balaban J connectivity index is 2.03. The predicted octanol–water partition coefficient (Wildman–Crippen LogP) is 0.387. The Labute approximate surface area is 119 Å². The Kier molecular flexibility index (Phi) is 5.17. The zero-order valence-corrected chi connectivity index (χ0v) is 11.7. The van der Waals surface area contributed by atoms with E-state index in [0.29, 0.717) is 12.0 Å². The van der Waals surface area contributed by atoms with Gasteiger partial charge in [-0.05, 0) is 24.4 Å². The lowest BCUT2D eigenvalue weighted by Crippen LogP contribution is -2.36. The highest BCUT2D eigenvalue weighted by Crippen LogP contribution is 2.33. The standard InChI is InChI=1S/C14H19BO5/c1-18-8-19-11-7-10(15)12(16)13(11)20-14(17)9-5-3-2-4-6-9/h2-6,10-13,16H,7-8,15H2,1H3. The molecule has 0 bridgehead atoms. The van der Waals surface area contributed by atoms with Crippen molar-refractivity contribution in [3.63, 3.8) is 0 Å². The molecule has 20 heavy (non-hydrogen) atoms. The number of carbonyl (C=O) groups is 1. The van der Waals surface area contributed by atoms with Gasteiger partial charge in [-0.3, -0.25) is 0 Å². The van der Waals surface area contributed by atoms with Crippen LogP contribution < -0.4 is 0 Å². The van der Waals surface area contributed by atoms with Gasteiger partial charge in [0.1, 0.15) is 14.6 Å². The first kappa shape index (κ1) is 15.0. The Bertz CT molecular complexity index is 438. The molecule has 1 N–H and O–H groups in total. The summed E-state index contributed by atoms with van der Waals surface area (Å²) in [5, 5.41) is 10.1. The van der Waals surface area contributed by atoms with E-state index in [1.54, 1.807) is 24.3 Å². The SMILES string of the molecule is BC1CC(OCOC)C(OC(=O)c2ccccc2)C1O. The van der Waals surface area contributed by atoms with Crippen molar-refractivity contribution in [2.45, 2.75) is 30.5 Å². The fourth-order valence-electron chi connectivity index (χ4n) is 2.41. The maximum Gasteiger partial charge on any atom is 0.338 e. The van der Waals surface area contributed by atoms with Crippen molar-refractivity contribution in [3.05, 3.63) is 35.9 Å². The second kappa shape index (κ2) is 6.88. The molecule has 1 aliphatic rings. The lowest BCUT2D eigenvalue weighted by molar-refractivity contribution is -0.118. The number of hydrogen-bond acceptors (Lipinski definition) is 5. The van der Waals surface area contributed by atoms with E-state index in [1.807, 2.05) is 13.9 Å². The van der Waals surface area contributed by atoms with Crippen molar-refractivity contribution in [2.75, 3.05) is 13.9 Å². The molecule has 0 aliphatic heterocycles. The van der Waals surface area contributed by atoms with Crippen molar-refractivity contribution in [1.82, 2.24) is 0 Å². The maximum atomic E-state index is 12.1. The first-order valence-electron chi connectivity index (χ1n) is 6.68. The summed E-state index contributed by atoms with van der Waals surface area (Å²) in [4.78, 5) is 12.1. The second-order valence-corrected chi connectivity index (χ2v) is 5.05. The molecule has 0 saturated heterocycles. The number of hydrogen-bond donors (Lipinski definition) is 1. The van der Waals surface area contributed by atoms with Crippen LogP contribution in [0.15, 0.2) is 30.3 Å². The number of aliphatic hydroxyl groups is 1. The van der Waals surface area contributed by atoms with Crippen LogP contribution in [0.5, 0.6) is 0 Å². The molecule has 1 saturated carbocycles. The number of ether oxygens (including phenoxy) is 3. The first-order valence-corrected chi connectivity index (χ1v) is 6.68. The molecule has 2 rings (SSSR count). The fraction of sp³-hybridized carbons (Fsp3) is 0.500. The third-order valence-electron chi connectivity index (χ3n) is 3.54. The molecule has 4 unspecified atom stereocenters. The quantitative estimate of drug-likeness (QED) is 0.479. The van der Waals surface area contributed by atoms with Crippen LogP contribution in [0.1, 0.15) is 16.8 Å². The summed E-state index contributed by atoms with van der Waals surface area (Å²) < 4.78 is 15.8. The summed E-state index contributed by atoms with van der Waals surface area (Å²) in [5.41, 5.74) is 0.463. The van der Waals surface area contributed by atoms with Gasteiger partial charge in [-0.2, -0.15) is 0 Å². The molecular weight excluding hydrogens is 259 g/mol. The van der Waals surface area contributed by atoms with E-state index in [0.717, 1.165) is 0 Å². The highest BCUT2D eigenvalue weighted by Gasteiger charge is 2.43. The topological polar surface area (TPSA) is 65.0 Å². The molecule has 1 aromatic carbocycles. The largest absolute Gasteiger partial charge is 0.453 e. The van der Waals surface area contributed by atoms with Gasteiger partial charge in [-0.15, -0.1) is 0 Å². The van der Waals surface area contributed by atoms with Crippen molar-refractivity contribution >= 4 is 13.8 Å². The highest BCUT2D eigenvalue weighted by molar-refractivity contribution is 6.12. The molecule has 1 fully saturated rings. The number of aliphatic hydroxyl groups excluding tert-OH is 1. The summed E-state index contributed by atoms with van der Waals surface area (Å²) in [6, 6.07) is 8.72. The van der Waals surface area contributed by atoms with Gasteiger partial charge in [-0.1, -0.05) is 18.2 Å². The molecule has 0 aromatic heterocycles. The zero-order chi connectivity index (χ0) is 14.5. The van der Waals surface area contributed by atoms with Gasteiger partial charge in [0.15, 0.2) is 6.10 Å². The van der Waals surface area contributed by atoms with Crippen LogP contribution in [-0.4, -0.2) is 51.1 Å². The van der Waals surface area contributed by atoms with Gasteiger partial charge in [0.05, 0.1) is 17.8 Å². The molecule has 5 nitrogen and oxygen atoms in total. The van der Waals surface area contributed by atoms with Crippen molar-refractivity contribution in [2.24, 2.45) is 0 Å². The van der Waals surface area contributed by atoms with Gasteiger partial charge in [0.25, 0.3) is 0 Å². The van der Waals surface area contributed by atoms with Gasteiger partial charge in [0.2, 0.25) is 0 Å². The van der Waals surface area contributed by atoms with Crippen molar-refractivity contribution < 1.29 is 24.1 Å². The van der Waals surface area contributed by atoms with E-state index in [9.17, 15) is 9.90 Å². The fourth-order valence-corrected chi connectivity index (χ4v) is 2.41. The molecule has 0 heterocycles. The summed E-state index contributed by atoms with van der Waals surface area (Å²) in [6.45, 7) is 0.115. The number of esters is 1. The van der Waals surface area contributed by atoms with Crippen LogP contribution in [0.25, 0.3) is 0 Å². The third-order valence-corrected chi connectivity index (χ3v) is 3.54. The van der Waals surface area contributed by atoms with Crippen molar-refractivity contribution in [3.8, 4) is 0 Å². The lowest BCUT2D eigenvalue weighted by Gasteiger charge is -2.22. The van der Waals surface area contributed by atoms with E-state index in [1.165, 1.54) is 7.11 Å². The number of rotatable bonds is 5. The third kappa shape index (κ3) is 3.39. The molecule has 6 heteroatoms. The molecule has 1 aliphatic carbocycles. The van der Waals surface area contributed by atoms with Gasteiger partial charge >= 0.3 is 5.97 Å². The normalized spacial score (nSPS) is 29.3. The molecule has 108 valence electrons. The minimum atomic E-state index is -0.718. The Hall–Kier alpha value is -1.37. The smallest absolute Gasteiger partial charge is 0.338 e. The van der Waals surface area contributed by atoms with Crippen LogP contribution in [0.4, 0.5) is 0 Å². The highest BCUT2D eigenvalue weighted by atomic mass is 16.7. The van der Waals surface area contributed by atoms with E-state index in [-0.39, 0.29) is 18.7 Å². The molecule has 4 atom stereocenters. The molecular formula is C14H19BO5. The molecule has 0 radical (unpaired) electrons. The van der Waals surface area contributed by atoms with Crippen LogP contribution in [0.3, 0.4) is 0 Å². The Morgan fingerprint density at radius 3 is 2.75 bits per heavy atom. The summed E-state index contributed by atoms with van der Waals surface area (Å²) in [6.07, 6.45) is -1.08. The second-order valence-electron chi connectivity index (χ2n) is 5.05. The molecule has 1 aromatic rings. The van der Waals surface area contributed by atoms with Crippen LogP contribution in [0, 0.1) is 0 Å². The molecule has 0 spiro atoms. The average Bonchev–Trinajstić information content (AvgIpc) is 2.73. The first-order chi connectivity index (χ1) is 9.63.